The fourth-order valence-electron chi connectivity index (χ4n) is 1.22. The van der Waals surface area contributed by atoms with Crippen LogP contribution in [0.3, 0.4) is 0 Å². The molecule has 6 heteroatoms. The Balaban J connectivity index is 2.34. The quantitative estimate of drug-likeness (QED) is 0.679. The number of nitrogens with one attached hydrogen (secondary N) is 1. The molecule has 1 rings (SSSR count). The normalized spacial score (nSPS) is 12.1. The van der Waals surface area contributed by atoms with E-state index in [9.17, 15) is 9.59 Å². The molecule has 17 heavy (non-hydrogen) atoms. The molecule has 0 radical (unpaired) electrons. The number of amides is 1. The first-order valence-corrected chi connectivity index (χ1v) is 5.33. The molecular weight excluding hydrogens is 224 g/mol. The Kier molecular flexibility index (Phi) is 4.71. The molecule has 0 aliphatic carbocycles. The van der Waals surface area contributed by atoms with E-state index in [0.29, 0.717) is 18.6 Å². The van der Waals surface area contributed by atoms with Crippen molar-refractivity contribution in [3.63, 3.8) is 0 Å². The van der Waals surface area contributed by atoms with E-state index in [0.717, 1.165) is 0 Å². The number of aromatic carboxylic acids is 1. The third-order valence-corrected chi connectivity index (χ3v) is 2.16. The number of hydrogen-bond donors (Lipinski definition) is 3. The topological polar surface area (TPSA) is 106 Å². The number of rotatable bonds is 6. The van der Waals surface area contributed by atoms with Crippen LogP contribution in [0.1, 0.15) is 36.1 Å². The number of carboxylic acid groups (broad SMARTS) is 1. The molecule has 1 atom stereocenters. The first-order chi connectivity index (χ1) is 7.99. The summed E-state index contributed by atoms with van der Waals surface area (Å²) in [6.07, 6.45) is 0.967. The summed E-state index contributed by atoms with van der Waals surface area (Å²) in [5.74, 6) is -0.975. The number of furan rings is 1. The summed E-state index contributed by atoms with van der Waals surface area (Å²) in [4.78, 5) is 21.9. The molecule has 0 aromatic carbocycles. The molecule has 4 N–H and O–H groups in total. The van der Waals surface area contributed by atoms with Crippen LogP contribution in [0, 0.1) is 0 Å². The smallest absolute Gasteiger partial charge is 0.371 e. The zero-order valence-corrected chi connectivity index (χ0v) is 9.60. The summed E-state index contributed by atoms with van der Waals surface area (Å²) < 4.78 is 4.98. The fourth-order valence-corrected chi connectivity index (χ4v) is 1.22. The molecule has 0 spiro atoms. The Morgan fingerprint density at radius 2 is 2.24 bits per heavy atom. The van der Waals surface area contributed by atoms with Crippen molar-refractivity contribution in [3.05, 3.63) is 23.7 Å². The monoisotopic (exact) mass is 240 g/mol. The van der Waals surface area contributed by atoms with E-state index >= 15 is 0 Å². The Hall–Kier alpha value is -1.82. The van der Waals surface area contributed by atoms with E-state index in [-0.39, 0.29) is 24.3 Å². The minimum atomic E-state index is -1.13. The average Bonchev–Trinajstić information content (AvgIpc) is 2.72. The van der Waals surface area contributed by atoms with Gasteiger partial charge in [0.15, 0.2) is 0 Å². The summed E-state index contributed by atoms with van der Waals surface area (Å²) in [6, 6.07) is 2.86. The van der Waals surface area contributed by atoms with E-state index in [2.05, 4.69) is 5.32 Å². The molecule has 0 aliphatic rings. The molecule has 1 amide bonds. The van der Waals surface area contributed by atoms with E-state index in [4.69, 9.17) is 15.3 Å². The zero-order chi connectivity index (χ0) is 12.8. The Morgan fingerprint density at radius 3 is 2.76 bits per heavy atom. The highest BCUT2D eigenvalue weighted by Gasteiger charge is 2.09. The van der Waals surface area contributed by atoms with Crippen LogP contribution in [0.5, 0.6) is 0 Å². The van der Waals surface area contributed by atoms with Crippen LogP contribution >= 0.6 is 0 Å². The lowest BCUT2D eigenvalue weighted by atomic mass is 10.2. The summed E-state index contributed by atoms with van der Waals surface area (Å²) in [7, 11) is 0. The predicted molar refractivity (Wildman–Crippen MR) is 60.4 cm³/mol. The van der Waals surface area contributed by atoms with Gasteiger partial charge in [0, 0.05) is 12.5 Å². The molecule has 6 nitrogen and oxygen atoms in total. The summed E-state index contributed by atoms with van der Waals surface area (Å²) in [5.41, 5.74) is 5.52. The minimum Gasteiger partial charge on any atom is -0.475 e. The number of carbonyl (C=O) groups is 2. The third kappa shape index (κ3) is 4.69. The molecule has 0 saturated carbocycles. The minimum absolute atomic E-state index is 0.0111. The standard InChI is InChI=1S/C11H16N2O4/c1-7(12)2-5-10(14)13-6-8-3-4-9(17-8)11(15)16/h3-4,7H,2,5-6,12H2,1H3,(H,13,14)(H,15,16). The van der Waals surface area contributed by atoms with E-state index < -0.39 is 5.97 Å². The maximum atomic E-state index is 11.3. The highest BCUT2D eigenvalue weighted by atomic mass is 16.4. The van der Waals surface area contributed by atoms with Crippen LogP contribution in [-0.2, 0) is 11.3 Å². The van der Waals surface area contributed by atoms with Crippen molar-refractivity contribution >= 4 is 11.9 Å². The van der Waals surface area contributed by atoms with Crippen LogP contribution in [0.15, 0.2) is 16.5 Å². The SMILES string of the molecule is CC(N)CCC(=O)NCc1ccc(C(=O)O)o1. The van der Waals surface area contributed by atoms with Gasteiger partial charge in [-0.3, -0.25) is 4.79 Å². The lowest BCUT2D eigenvalue weighted by molar-refractivity contribution is -0.121. The number of carboxylic acids is 1. The molecule has 94 valence electrons. The molecule has 1 unspecified atom stereocenters. The van der Waals surface area contributed by atoms with Crippen LogP contribution in [0.4, 0.5) is 0 Å². The molecule has 0 fully saturated rings. The van der Waals surface area contributed by atoms with Gasteiger partial charge in [0.2, 0.25) is 11.7 Å². The van der Waals surface area contributed by atoms with Gasteiger partial charge in [0.05, 0.1) is 6.54 Å². The van der Waals surface area contributed by atoms with Crippen molar-refractivity contribution in [2.24, 2.45) is 5.73 Å². The third-order valence-electron chi connectivity index (χ3n) is 2.16. The van der Waals surface area contributed by atoms with Crippen molar-refractivity contribution in [1.29, 1.82) is 0 Å². The van der Waals surface area contributed by atoms with Gasteiger partial charge in [0.1, 0.15) is 5.76 Å². The molecule has 1 heterocycles. The van der Waals surface area contributed by atoms with Gasteiger partial charge >= 0.3 is 5.97 Å². The maximum Gasteiger partial charge on any atom is 0.371 e. The van der Waals surface area contributed by atoms with Gasteiger partial charge < -0.3 is 20.6 Å². The van der Waals surface area contributed by atoms with Gasteiger partial charge in [-0.15, -0.1) is 0 Å². The molecule has 0 bridgehead atoms. The molecule has 1 aromatic rings. The van der Waals surface area contributed by atoms with Crippen LogP contribution in [0.2, 0.25) is 0 Å². The van der Waals surface area contributed by atoms with E-state index in [1.807, 2.05) is 6.92 Å². The van der Waals surface area contributed by atoms with Crippen molar-refractivity contribution in [2.75, 3.05) is 0 Å². The van der Waals surface area contributed by atoms with Crippen molar-refractivity contribution in [1.82, 2.24) is 5.32 Å². The van der Waals surface area contributed by atoms with E-state index in [1.165, 1.54) is 12.1 Å². The second-order valence-electron chi connectivity index (χ2n) is 3.86. The number of nitrogens with two attached hydrogens (primary N) is 1. The fraction of sp³-hybridized carbons (Fsp3) is 0.455. The second kappa shape index (κ2) is 6.05. The highest BCUT2D eigenvalue weighted by Crippen LogP contribution is 2.07. The van der Waals surface area contributed by atoms with Crippen LogP contribution < -0.4 is 11.1 Å². The number of hydrogen-bond acceptors (Lipinski definition) is 4. The Bertz CT molecular complexity index is 398. The van der Waals surface area contributed by atoms with Gasteiger partial charge in [0.25, 0.3) is 0 Å². The molecule has 1 aromatic heterocycles. The second-order valence-corrected chi connectivity index (χ2v) is 3.86. The zero-order valence-electron chi connectivity index (χ0n) is 9.60. The number of carbonyl (C=O) groups excluding carboxylic acids is 1. The lowest BCUT2D eigenvalue weighted by Gasteiger charge is -2.05. The summed E-state index contributed by atoms with van der Waals surface area (Å²) in [5, 5.41) is 11.3. The van der Waals surface area contributed by atoms with Gasteiger partial charge in [-0.05, 0) is 25.5 Å². The Morgan fingerprint density at radius 1 is 1.53 bits per heavy atom. The van der Waals surface area contributed by atoms with Crippen LogP contribution in [0.25, 0.3) is 0 Å². The van der Waals surface area contributed by atoms with Gasteiger partial charge in [-0.25, -0.2) is 4.79 Å². The van der Waals surface area contributed by atoms with Gasteiger partial charge in [-0.1, -0.05) is 0 Å². The van der Waals surface area contributed by atoms with Crippen molar-refractivity contribution in [2.45, 2.75) is 32.4 Å². The summed E-state index contributed by atoms with van der Waals surface area (Å²) in [6.45, 7) is 2.02. The van der Waals surface area contributed by atoms with Crippen molar-refractivity contribution < 1.29 is 19.1 Å². The highest BCUT2D eigenvalue weighted by molar-refractivity contribution is 5.84. The first kappa shape index (κ1) is 13.2. The Labute approximate surface area is 98.8 Å². The predicted octanol–water partition coefficient (Wildman–Crippen LogP) is 0.721. The molecule has 0 saturated heterocycles. The largest absolute Gasteiger partial charge is 0.475 e. The molecular formula is C11H16N2O4. The van der Waals surface area contributed by atoms with E-state index in [1.54, 1.807) is 0 Å². The molecule has 0 aliphatic heterocycles. The van der Waals surface area contributed by atoms with Crippen molar-refractivity contribution in [3.8, 4) is 0 Å². The maximum absolute atomic E-state index is 11.3. The summed E-state index contributed by atoms with van der Waals surface area (Å²) >= 11 is 0. The van der Waals surface area contributed by atoms with Gasteiger partial charge in [-0.2, -0.15) is 0 Å². The lowest BCUT2D eigenvalue weighted by Crippen LogP contribution is -2.25. The first-order valence-electron chi connectivity index (χ1n) is 5.33. The van der Waals surface area contributed by atoms with Crippen LogP contribution in [-0.4, -0.2) is 23.0 Å². The average molecular weight is 240 g/mol.